The van der Waals surface area contributed by atoms with Gasteiger partial charge in [-0.15, -0.1) is 0 Å². The number of hydrogen-bond acceptors (Lipinski definition) is 3. The molecule has 88 valence electrons. The Hall–Kier alpha value is -1.10. The summed E-state index contributed by atoms with van der Waals surface area (Å²) in [5.74, 6) is -0.468. The molecule has 0 radical (unpaired) electrons. The van der Waals surface area contributed by atoms with Gasteiger partial charge in [0.15, 0.2) is 0 Å². The Balaban J connectivity index is 2.05. The topological polar surface area (TPSA) is 67.5 Å². The molecule has 1 unspecified atom stereocenters. The van der Waals surface area contributed by atoms with Crippen molar-refractivity contribution >= 4 is 16.8 Å². The molecule has 2 rings (SSSR count). The third-order valence-corrected chi connectivity index (χ3v) is 4.68. The SMILES string of the molecule is O=C(O)c1ccoc1CS(=O)C1CCCC1. The predicted molar refractivity (Wildman–Crippen MR) is 59.8 cm³/mol. The lowest BCUT2D eigenvalue weighted by atomic mass is 10.3. The monoisotopic (exact) mass is 242 g/mol. The molecule has 1 aromatic rings. The van der Waals surface area contributed by atoms with Gasteiger partial charge in [-0.2, -0.15) is 0 Å². The molecular formula is C11H14O4S. The fraction of sp³-hybridized carbons (Fsp3) is 0.545. The van der Waals surface area contributed by atoms with Crippen LogP contribution in [0.3, 0.4) is 0 Å². The highest BCUT2D eigenvalue weighted by Gasteiger charge is 2.24. The van der Waals surface area contributed by atoms with Crippen molar-refractivity contribution in [1.82, 2.24) is 0 Å². The lowest BCUT2D eigenvalue weighted by molar-refractivity contribution is 0.0695. The molecule has 0 bridgehead atoms. The van der Waals surface area contributed by atoms with E-state index >= 15 is 0 Å². The van der Waals surface area contributed by atoms with Gasteiger partial charge in [0, 0.05) is 16.0 Å². The van der Waals surface area contributed by atoms with E-state index in [1.54, 1.807) is 0 Å². The van der Waals surface area contributed by atoms with Gasteiger partial charge < -0.3 is 9.52 Å². The summed E-state index contributed by atoms with van der Waals surface area (Å²) in [7, 11) is -1.01. The number of rotatable bonds is 4. The molecule has 1 atom stereocenters. The van der Waals surface area contributed by atoms with E-state index < -0.39 is 16.8 Å². The van der Waals surface area contributed by atoms with E-state index in [1.807, 2.05) is 0 Å². The quantitative estimate of drug-likeness (QED) is 0.878. The second-order valence-electron chi connectivity index (χ2n) is 3.99. The van der Waals surface area contributed by atoms with Crippen LogP contribution in [-0.4, -0.2) is 20.5 Å². The molecule has 1 N–H and O–H groups in total. The molecule has 1 heterocycles. The van der Waals surface area contributed by atoms with Crippen LogP contribution in [0, 0.1) is 0 Å². The highest BCUT2D eigenvalue weighted by atomic mass is 32.2. The zero-order valence-corrected chi connectivity index (χ0v) is 9.66. The fourth-order valence-electron chi connectivity index (χ4n) is 2.04. The number of hydrogen-bond donors (Lipinski definition) is 1. The average Bonchev–Trinajstić information content (AvgIpc) is 2.86. The van der Waals surface area contributed by atoms with Crippen LogP contribution in [0.25, 0.3) is 0 Å². The summed E-state index contributed by atoms with van der Waals surface area (Å²) in [4.78, 5) is 10.8. The Morgan fingerprint density at radius 1 is 1.50 bits per heavy atom. The molecule has 0 aliphatic heterocycles. The Morgan fingerprint density at radius 3 is 2.81 bits per heavy atom. The van der Waals surface area contributed by atoms with Gasteiger partial charge in [0.2, 0.25) is 0 Å². The summed E-state index contributed by atoms with van der Waals surface area (Å²) in [5, 5.41) is 9.09. The molecule has 1 fully saturated rings. The molecule has 4 nitrogen and oxygen atoms in total. The third kappa shape index (κ3) is 2.35. The molecule has 1 aliphatic rings. The van der Waals surface area contributed by atoms with Crippen LogP contribution in [-0.2, 0) is 16.6 Å². The van der Waals surface area contributed by atoms with Gasteiger partial charge in [0.25, 0.3) is 0 Å². The second-order valence-corrected chi connectivity index (χ2v) is 5.71. The number of furan rings is 1. The molecule has 0 aromatic carbocycles. The Morgan fingerprint density at radius 2 is 2.19 bits per heavy atom. The Labute approximate surface area is 96.1 Å². The van der Waals surface area contributed by atoms with Crippen molar-refractivity contribution in [3.8, 4) is 0 Å². The number of carboxylic acids is 1. The Bertz CT molecular complexity index is 404. The lowest BCUT2D eigenvalue weighted by Gasteiger charge is -2.07. The average molecular weight is 242 g/mol. The van der Waals surface area contributed by atoms with Crippen LogP contribution in [0.15, 0.2) is 16.7 Å². The summed E-state index contributed by atoms with van der Waals surface area (Å²) in [5.41, 5.74) is 0.131. The van der Waals surface area contributed by atoms with Crippen LogP contribution in [0.2, 0.25) is 0 Å². The van der Waals surface area contributed by atoms with Crippen LogP contribution in [0.1, 0.15) is 41.8 Å². The first kappa shape index (κ1) is 11.4. The number of aromatic carboxylic acids is 1. The minimum absolute atomic E-state index is 0.131. The van der Waals surface area contributed by atoms with Crippen LogP contribution in [0.4, 0.5) is 0 Å². The molecule has 0 saturated heterocycles. The van der Waals surface area contributed by atoms with E-state index in [2.05, 4.69) is 0 Å². The molecule has 16 heavy (non-hydrogen) atoms. The standard InChI is InChI=1S/C11H14O4S/c12-11(13)9-5-6-15-10(9)7-16(14)8-3-1-2-4-8/h5-6,8H,1-4,7H2,(H,12,13). The van der Waals surface area contributed by atoms with Crippen molar-refractivity contribution in [3.05, 3.63) is 23.7 Å². The van der Waals surface area contributed by atoms with Crippen molar-refractivity contribution < 1.29 is 18.5 Å². The molecule has 0 spiro atoms. The zero-order chi connectivity index (χ0) is 11.5. The number of carbonyl (C=O) groups is 1. The van der Waals surface area contributed by atoms with Crippen molar-refractivity contribution in [2.24, 2.45) is 0 Å². The van der Waals surface area contributed by atoms with Crippen molar-refractivity contribution in [2.45, 2.75) is 36.7 Å². The van der Waals surface area contributed by atoms with Crippen molar-refractivity contribution in [1.29, 1.82) is 0 Å². The van der Waals surface area contributed by atoms with Gasteiger partial charge in [0.1, 0.15) is 11.3 Å². The highest BCUT2D eigenvalue weighted by Crippen LogP contribution is 2.25. The highest BCUT2D eigenvalue weighted by molar-refractivity contribution is 7.84. The minimum atomic E-state index is -1.02. The molecule has 0 amide bonds. The smallest absolute Gasteiger partial charge is 0.339 e. The van der Waals surface area contributed by atoms with Crippen LogP contribution >= 0.6 is 0 Å². The summed E-state index contributed by atoms with van der Waals surface area (Å²) in [6.45, 7) is 0. The largest absolute Gasteiger partial charge is 0.478 e. The van der Waals surface area contributed by atoms with Gasteiger partial charge in [-0.25, -0.2) is 4.79 Å². The van der Waals surface area contributed by atoms with Gasteiger partial charge in [0.05, 0.1) is 12.0 Å². The van der Waals surface area contributed by atoms with Gasteiger partial charge in [-0.1, -0.05) is 12.8 Å². The molecule has 5 heteroatoms. The van der Waals surface area contributed by atoms with Crippen molar-refractivity contribution in [2.75, 3.05) is 0 Å². The van der Waals surface area contributed by atoms with Gasteiger partial charge in [-0.3, -0.25) is 4.21 Å². The van der Waals surface area contributed by atoms with E-state index in [-0.39, 0.29) is 16.6 Å². The molecule has 1 aromatic heterocycles. The zero-order valence-electron chi connectivity index (χ0n) is 8.85. The summed E-state index contributed by atoms with van der Waals surface area (Å²) in [6.07, 6.45) is 5.55. The fourth-order valence-corrected chi connectivity index (χ4v) is 3.62. The molecule has 1 aliphatic carbocycles. The first-order valence-corrected chi connectivity index (χ1v) is 6.73. The van der Waals surface area contributed by atoms with Crippen LogP contribution < -0.4 is 0 Å². The first-order chi connectivity index (χ1) is 7.68. The third-order valence-electron chi connectivity index (χ3n) is 2.92. The van der Waals surface area contributed by atoms with Gasteiger partial charge in [-0.05, 0) is 18.9 Å². The first-order valence-electron chi connectivity index (χ1n) is 5.35. The van der Waals surface area contributed by atoms with Gasteiger partial charge >= 0.3 is 5.97 Å². The van der Waals surface area contributed by atoms with Crippen molar-refractivity contribution in [3.63, 3.8) is 0 Å². The lowest BCUT2D eigenvalue weighted by Crippen LogP contribution is -2.13. The second kappa shape index (κ2) is 4.82. The predicted octanol–water partition coefficient (Wildman–Crippen LogP) is 2.17. The van der Waals surface area contributed by atoms with E-state index in [9.17, 15) is 9.00 Å². The minimum Gasteiger partial charge on any atom is -0.478 e. The van der Waals surface area contributed by atoms with E-state index in [0.717, 1.165) is 25.7 Å². The maximum Gasteiger partial charge on any atom is 0.339 e. The summed E-state index contributed by atoms with van der Waals surface area (Å²) in [6, 6.07) is 1.41. The van der Waals surface area contributed by atoms with E-state index in [4.69, 9.17) is 9.52 Å². The van der Waals surface area contributed by atoms with E-state index in [1.165, 1.54) is 12.3 Å². The normalized spacial score (nSPS) is 18.8. The maximum absolute atomic E-state index is 11.9. The summed E-state index contributed by atoms with van der Waals surface area (Å²) < 4.78 is 17.0. The molecular weight excluding hydrogens is 228 g/mol. The maximum atomic E-state index is 11.9. The van der Waals surface area contributed by atoms with E-state index in [0.29, 0.717) is 5.76 Å². The molecule has 1 saturated carbocycles. The number of carboxylic acid groups (broad SMARTS) is 1. The Kier molecular flexibility index (Phi) is 3.43. The van der Waals surface area contributed by atoms with Crippen LogP contribution in [0.5, 0.6) is 0 Å². The summed E-state index contributed by atoms with van der Waals surface area (Å²) >= 11 is 0.